The van der Waals surface area contributed by atoms with E-state index in [1.807, 2.05) is 30.6 Å². The van der Waals surface area contributed by atoms with Gasteiger partial charge in [0.1, 0.15) is 11.9 Å². The first kappa shape index (κ1) is 19.0. The number of methoxy groups -OCH3 is 1. The molecule has 2 aliphatic heterocycles. The van der Waals surface area contributed by atoms with Crippen molar-refractivity contribution < 1.29 is 14.2 Å². The molecule has 0 aromatic carbocycles. The van der Waals surface area contributed by atoms with Gasteiger partial charge in [-0.05, 0) is 36.6 Å². The van der Waals surface area contributed by atoms with Crippen LogP contribution in [0.2, 0.25) is 0 Å². The number of hydrogen-bond donors (Lipinski definition) is 1. The van der Waals surface area contributed by atoms with Crippen molar-refractivity contribution >= 4 is 5.82 Å². The number of piperidine rings is 1. The van der Waals surface area contributed by atoms with Crippen molar-refractivity contribution in [3.05, 3.63) is 42.2 Å². The zero-order chi connectivity index (χ0) is 19.2. The molecule has 7 nitrogen and oxygen atoms in total. The second kappa shape index (κ2) is 9.21. The molecule has 1 N–H and O–H groups in total. The summed E-state index contributed by atoms with van der Waals surface area (Å²) in [6, 6.07) is 8.56. The molecule has 4 rings (SSSR count). The molecule has 0 saturated carbocycles. The standard InChI is InChI=1S/C21H28N4O3/c1-26-19-4-5-20(24-21(19)28-18-8-12-27-15-18)25-10-6-17(7-11-25)23-14-16-3-2-9-22-13-16/h2-5,9,13,17-18,23H,6-8,10-12,14-15H2,1H3. The predicted octanol–water partition coefficient (Wildman–Crippen LogP) is 2.41. The minimum Gasteiger partial charge on any atom is -0.491 e. The summed E-state index contributed by atoms with van der Waals surface area (Å²) in [4.78, 5) is 11.2. The molecule has 28 heavy (non-hydrogen) atoms. The Labute approximate surface area is 166 Å². The average molecular weight is 384 g/mol. The molecule has 1 atom stereocenters. The SMILES string of the molecule is COc1ccc(N2CCC(NCc3cccnc3)CC2)nc1OC1CCOC1. The van der Waals surface area contributed by atoms with Gasteiger partial charge in [0.25, 0.3) is 5.88 Å². The largest absolute Gasteiger partial charge is 0.491 e. The van der Waals surface area contributed by atoms with E-state index in [2.05, 4.69) is 21.3 Å². The van der Waals surface area contributed by atoms with Gasteiger partial charge in [0, 0.05) is 44.5 Å². The van der Waals surface area contributed by atoms with Crippen molar-refractivity contribution in [2.45, 2.75) is 38.0 Å². The summed E-state index contributed by atoms with van der Waals surface area (Å²) in [5.74, 6) is 2.18. The fourth-order valence-corrected chi connectivity index (χ4v) is 3.68. The molecular formula is C21H28N4O3. The van der Waals surface area contributed by atoms with E-state index < -0.39 is 0 Å². The van der Waals surface area contributed by atoms with E-state index >= 15 is 0 Å². The smallest absolute Gasteiger partial charge is 0.259 e. The highest BCUT2D eigenvalue weighted by Gasteiger charge is 2.23. The second-order valence-electron chi connectivity index (χ2n) is 7.28. The molecule has 0 bridgehead atoms. The van der Waals surface area contributed by atoms with Crippen LogP contribution in [0.1, 0.15) is 24.8 Å². The number of rotatable bonds is 7. The molecule has 1 unspecified atom stereocenters. The first-order valence-corrected chi connectivity index (χ1v) is 9.98. The Morgan fingerprint density at radius 3 is 2.82 bits per heavy atom. The van der Waals surface area contributed by atoms with E-state index in [-0.39, 0.29) is 6.10 Å². The number of hydrogen-bond acceptors (Lipinski definition) is 7. The highest BCUT2D eigenvalue weighted by Crippen LogP contribution is 2.30. The topological polar surface area (TPSA) is 68.7 Å². The summed E-state index contributed by atoms with van der Waals surface area (Å²) in [5.41, 5.74) is 1.22. The fourth-order valence-electron chi connectivity index (χ4n) is 3.68. The van der Waals surface area contributed by atoms with Crippen LogP contribution in [0, 0.1) is 0 Å². The van der Waals surface area contributed by atoms with Gasteiger partial charge in [-0.3, -0.25) is 4.98 Å². The predicted molar refractivity (Wildman–Crippen MR) is 107 cm³/mol. The molecule has 2 saturated heterocycles. The molecule has 7 heteroatoms. The van der Waals surface area contributed by atoms with Gasteiger partial charge in [-0.25, -0.2) is 0 Å². The Balaban J connectivity index is 1.33. The minimum atomic E-state index is 0.0547. The Hall–Kier alpha value is -2.38. The molecule has 2 aromatic rings. The zero-order valence-electron chi connectivity index (χ0n) is 16.3. The Morgan fingerprint density at radius 2 is 2.11 bits per heavy atom. The molecule has 2 aliphatic rings. The Morgan fingerprint density at radius 1 is 1.21 bits per heavy atom. The highest BCUT2D eigenvalue weighted by atomic mass is 16.6. The first-order valence-electron chi connectivity index (χ1n) is 9.98. The monoisotopic (exact) mass is 384 g/mol. The van der Waals surface area contributed by atoms with Gasteiger partial charge in [0.05, 0.1) is 20.3 Å². The summed E-state index contributed by atoms with van der Waals surface area (Å²) in [6.45, 7) is 4.15. The number of ether oxygens (including phenoxy) is 3. The molecule has 0 aliphatic carbocycles. The summed E-state index contributed by atoms with van der Waals surface area (Å²) in [5, 5.41) is 3.64. The number of aromatic nitrogens is 2. The van der Waals surface area contributed by atoms with Gasteiger partial charge in [0.2, 0.25) is 0 Å². The van der Waals surface area contributed by atoms with Crippen LogP contribution in [-0.4, -0.2) is 55.5 Å². The van der Waals surface area contributed by atoms with Gasteiger partial charge in [0.15, 0.2) is 5.75 Å². The third-order valence-corrected chi connectivity index (χ3v) is 5.33. The van der Waals surface area contributed by atoms with Gasteiger partial charge in [-0.15, -0.1) is 0 Å². The van der Waals surface area contributed by atoms with E-state index in [0.717, 1.165) is 51.3 Å². The molecule has 0 amide bonds. The van der Waals surface area contributed by atoms with Gasteiger partial charge in [-0.1, -0.05) is 6.07 Å². The molecule has 0 radical (unpaired) electrons. The van der Waals surface area contributed by atoms with Crippen LogP contribution in [0.3, 0.4) is 0 Å². The van der Waals surface area contributed by atoms with E-state index in [4.69, 9.17) is 19.2 Å². The summed E-state index contributed by atoms with van der Waals surface area (Å²) < 4.78 is 16.9. The maximum Gasteiger partial charge on any atom is 0.259 e. The molecule has 4 heterocycles. The Bertz CT molecular complexity index is 745. The third-order valence-electron chi connectivity index (χ3n) is 5.33. The highest BCUT2D eigenvalue weighted by molar-refractivity contribution is 5.47. The molecule has 0 spiro atoms. The van der Waals surface area contributed by atoms with Crippen molar-refractivity contribution in [3.8, 4) is 11.6 Å². The maximum atomic E-state index is 6.03. The van der Waals surface area contributed by atoms with Gasteiger partial charge < -0.3 is 24.4 Å². The van der Waals surface area contributed by atoms with Crippen molar-refractivity contribution in [1.82, 2.24) is 15.3 Å². The molecular weight excluding hydrogens is 356 g/mol. The third kappa shape index (κ3) is 4.72. The summed E-state index contributed by atoms with van der Waals surface area (Å²) in [6.07, 6.45) is 6.84. The van der Waals surface area contributed by atoms with Crippen LogP contribution >= 0.6 is 0 Å². The lowest BCUT2D eigenvalue weighted by Crippen LogP contribution is -2.42. The lowest BCUT2D eigenvalue weighted by Gasteiger charge is -2.33. The minimum absolute atomic E-state index is 0.0547. The number of nitrogens with one attached hydrogen (secondary N) is 1. The van der Waals surface area contributed by atoms with Crippen LogP contribution in [0.5, 0.6) is 11.6 Å². The van der Waals surface area contributed by atoms with E-state index in [0.29, 0.717) is 24.3 Å². The maximum absolute atomic E-state index is 6.03. The summed E-state index contributed by atoms with van der Waals surface area (Å²) in [7, 11) is 1.65. The second-order valence-corrected chi connectivity index (χ2v) is 7.28. The quantitative estimate of drug-likeness (QED) is 0.786. The van der Waals surface area contributed by atoms with Crippen LogP contribution in [-0.2, 0) is 11.3 Å². The number of anilines is 1. The van der Waals surface area contributed by atoms with Crippen LogP contribution in [0.25, 0.3) is 0 Å². The first-order chi connectivity index (χ1) is 13.8. The van der Waals surface area contributed by atoms with E-state index in [1.165, 1.54) is 5.56 Å². The fraction of sp³-hybridized carbons (Fsp3) is 0.524. The van der Waals surface area contributed by atoms with Crippen molar-refractivity contribution in [2.75, 3.05) is 38.3 Å². The molecule has 2 fully saturated rings. The van der Waals surface area contributed by atoms with Crippen LogP contribution < -0.4 is 19.7 Å². The number of nitrogens with zero attached hydrogens (tertiary/aromatic N) is 3. The van der Waals surface area contributed by atoms with Crippen molar-refractivity contribution in [1.29, 1.82) is 0 Å². The number of pyridine rings is 2. The van der Waals surface area contributed by atoms with Gasteiger partial charge in [-0.2, -0.15) is 4.98 Å². The lowest BCUT2D eigenvalue weighted by molar-refractivity contribution is 0.135. The lowest BCUT2D eigenvalue weighted by atomic mass is 10.0. The van der Waals surface area contributed by atoms with E-state index in [9.17, 15) is 0 Å². The zero-order valence-corrected chi connectivity index (χ0v) is 16.3. The van der Waals surface area contributed by atoms with E-state index in [1.54, 1.807) is 7.11 Å². The molecule has 2 aromatic heterocycles. The average Bonchev–Trinajstić information content (AvgIpc) is 3.26. The van der Waals surface area contributed by atoms with Crippen molar-refractivity contribution in [2.24, 2.45) is 0 Å². The van der Waals surface area contributed by atoms with Crippen LogP contribution in [0.4, 0.5) is 5.82 Å². The normalized spacial score (nSPS) is 20.3. The summed E-state index contributed by atoms with van der Waals surface area (Å²) >= 11 is 0. The van der Waals surface area contributed by atoms with Crippen LogP contribution in [0.15, 0.2) is 36.7 Å². The van der Waals surface area contributed by atoms with Gasteiger partial charge >= 0.3 is 0 Å². The Kier molecular flexibility index (Phi) is 6.24. The van der Waals surface area contributed by atoms with Crippen molar-refractivity contribution in [3.63, 3.8) is 0 Å². The molecule has 150 valence electrons.